The molecule has 0 saturated carbocycles. The smallest absolute Gasteiger partial charge is 0.410 e. The number of amides is 1. The van der Waals surface area contributed by atoms with Gasteiger partial charge in [0.1, 0.15) is 6.61 Å². The number of ether oxygens (including phenoxy) is 1. The van der Waals surface area contributed by atoms with Crippen molar-refractivity contribution < 1.29 is 19.7 Å². The number of aliphatic hydroxyl groups excluding tert-OH is 2. The molecule has 1 amide bonds. The molecular formula is C15H17NO4. The average molecular weight is 275 g/mol. The summed E-state index contributed by atoms with van der Waals surface area (Å²) >= 11 is 0. The summed E-state index contributed by atoms with van der Waals surface area (Å²) in [5.41, 5.74) is 1.86. The van der Waals surface area contributed by atoms with Crippen LogP contribution in [0.2, 0.25) is 0 Å². The van der Waals surface area contributed by atoms with Crippen molar-refractivity contribution in [1.82, 2.24) is 4.90 Å². The van der Waals surface area contributed by atoms with Crippen LogP contribution in [0.1, 0.15) is 5.56 Å². The van der Waals surface area contributed by atoms with E-state index in [0.717, 1.165) is 11.1 Å². The van der Waals surface area contributed by atoms with Gasteiger partial charge in [-0.1, -0.05) is 36.4 Å². The minimum Gasteiger partial charge on any atom is -0.445 e. The molecule has 1 aromatic carbocycles. The van der Waals surface area contributed by atoms with Crippen LogP contribution in [0.25, 0.3) is 0 Å². The quantitative estimate of drug-likeness (QED) is 0.787. The molecule has 0 aromatic heterocycles. The molecule has 106 valence electrons. The highest BCUT2D eigenvalue weighted by molar-refractivity contribution is 5.69. The van der Waals surface area contributed by atoms with E-state index in [-0.39, 0.29) is 18.6 Å². The van der Waals surface area contributed by atoms with Crippen molar-refractivity contribution in [2.24, 2.45) is 5.92 Å². The third-order valence-electron chi connectivity index (χ3n) is 3.88. The largest absolute Gasteiger partial charge is 0.445 e. The lowest BCUT2D eigenvalue weighted by atomic mass is 10.0. The minimum absolute atomic E-state index is 0.158. The maximum absolute atomic E-state index is 12.0. The molecule has 3 unspecified atom stereocenters. The summed E-state index contributed by atoms with van der Waals surface area (Å²) in [6, 6.07) is 9.49. The van der Waals surface area contributed by atoms with Crippen LogP contribution in [-0.2, 0) is 11.3 Å². The summed E-state index contributed by atoms with van der Waals surface area (Å²) in [5, 5.41) is 19.3. The van der Waals surface area contributed by atoms with E-state index in [1.54, 1.807) is 11.0 Å². The summed E-state index contributed by atoms with van der Waals surface area (Å²) in [6.45, 7) is 1.06. The zero-order valence-electron chi connectivity index (χ0n) is 11.0. The SMILES string of the molecule is O=C(OCc1ccccc1)N1CC2=CC(O)C(O)C2C1. The highest BCUT2D eigenvalue weighted by atomic mass is 16.6. The van der Waals surface area contributed by atoms with Gasteiger partial charge in [0.2, 0.25) is 0 Å². The monoisotopic (exact) mass is 275 g/mol. The van der Waals surface area contributed by atoms with Crippen molar-refractivity contribution in [2.45, 2.75) is 18.8 Å². The highest BCUT2D eigenvalue weighted by Gasteiger charge is 2.42. The number of rotatable bonds is 2. The van der Waals surface area contributed by atoms with Gasteiger partial charge >= 0.3 is 6.09 Å². The standard InChI is InChI=1S/C15H17NO4/c17-13-6-11-7-16(8-12(11)14(13)18)15(19)20-9-10-4-2-1-3-5-10/h1-6,12-14,17-18H,7-9H2. The van der Waals surface area contributed by atoms with Crippen LogP contribution >= 0.6 is 0 Å². The van der Waals surface area contributed by atoms with Gasteiger partial charge in [0.05, 0.1) is 12.2 Å². The summed E-state index contributed by atoms with van der Waals surface area (Å²) in [7, 11) is 0. The van der Waals surface area contributed by atoms with E-state index in [9.17, 15) is 15.0 Å². The molecular weight excluding hydrogens is 258 g/mol. The molecule has 1 saturated heterocycles. The second-order valence-corrected chi connectivity index (χ2v) is 5.25. The topological polar surface area (TPSA) is 70.0 Å². The number of fused-ring (bicyclic) bond motifs is 1. The van der Waals surface area contributed by atoms with Gasteiger partial charge in [-0.2, -0.15) is 0 Å². The number of benzene rings is 1. The van der Waals surface area contributed by atoms with Gasteiger partial charge in [-0.15, -0.1) is 0 Å². The van der Waals surface area contributed by atoms with E-state index in [1.165, 1.54) is 0 Å². The van der Waals surface area contributed by atoms with E-state index in [4.69, 9.17) is 4.74 Å². The van der Waals surface area contributed by atoms with Crippen LogP contribution in [-0.4, -0.2) is 46.5 Å². The third kappa shape index (κ3) is 2.42. The van der Waals surface area contributed by atoms with Gasteiger partial charge in [0.25, 0.3) is 0 Å². The number of hydrogen-bond donors (Lipinski definition) is 2. The van der Waals surface area contributed by atoms with Crippen LogP contribution in [0.5, 0.6) is 0 Å². The second-order valence-electron chi connectivity index (χ2n) is 5.25. The van der Waals surface area contributed by atoms with Crippen molar-refractivity contribution in [2.75, 3.05) is 13.1 Å². The van der Waals surface area contributed by atoms with Gasteiger partial charge in [-0.3, -0.25) is 0 Å². The van der Waals surface area contributed by atoms with Gasteiger partial charge in [-0.25, -0.2) is 4.79 Å². The highest BCUT2D eigenvalue weighted by Crippen LogP contribution is 2.33. The first-order valence-electron chi connectivity index (χ1n) is 6.67. The van der Waals surface area contributed by atoms with E-state index >= 15 is 0 Å². The fourth-order valence-corrected chi connectivity index (χ4v) is 2.77. The number of hydrogen-bond acceptors (Lipinski definition) is 4. The Morgan fingerprint density at radius 3 is 2.75 bits per heavy atom. The van der Waals surface area contributed by atoms with Crippen molar-refractivity contribution >= 4 is 6.09 Å². The molecule has 0 spiro atoms. The van der Waals surface area contributed by atoms with Crippen molar-refractivity contribution in [3.8, 4) is 0 Å². The molecule has 0 radical (unpaired) electrons. The number of carbonyl (C=O) groups excluding carboxylic acids is 1. The van der Waals surface area contributed by atoms with Gasteiger partial charge in [-0.05, 0) is 11.1 Å². The number of nitrogens with zero attached hydrogens (tertiary/aromatic N) is 1. The minimum atomic E-state index is -0.808. The van der Waals surface area contributed by atoms with E-state index in [2.05, 4.69) is 0 Å². The van der Waals surface area contributed by atoms with Crippen LogP contribution < -0.4 is 0 Å². The first kappa shape index (κ1) is 13.1. The first-order chi connectivity index (χ1) is 9.65. The van der Waals surface area contributed by atoms with Crippen LogP contribution in [0.3, 0.4) is 0 Å². The average Bonchev–Trinajstić information content (AvgIpc) is 2.98. The Balaban J connectivity index is 1.56. The lowest BCUT2D eigenvalue weighted by molar-refractivity contribution is 0.0288. The van der Waals surface area contributed by atoms with Gasteiger partial charge in [0, 0.05) is 19.0 Å². The van der Waals surface area contributed by atoms with Gasteiger partial charge in [0.15, 0.2) is 0 Å². The second kappa shape index (κ2) is 5.26. The first-order valence-corrected chi connectivity index (χ1v) is 6.67. The Morgan fingerprint density at radius 2 is 2.05 bits per heavy atom. The van der Waals surface area contributed by atoms with E-state index in [0.29, 0.717) is 13.1 Å². The zero-order valence-corrected chi connectivity index (χ0v) is 11.0. The number of likely N-dealkylation sites (tertiary alicyclic amines) is 1. The van der Waals surface area contributed by atoms with Crippen molar-refractivity contribution in [1.29, 1.82) is 0 Å². The molecule has 2 N–H and O–H groups in total. The fraction of sp³-hybridized carbons (Fsp3) is 0.400. The molecule has 5 heteroatoms. The predicted molar refractivity (Wildman–Crippen MR) is 71.8 cm³/mol. The Labute approximate surface area is 117 Å². The Bertz CT molecular complexity index is 528. The van der Waals surface area contributed by atoms with Crippen LogP contribution in [0.4, 0.5) is 4.79 Å². The fourth-order valence-electron chi connectivity index (χ4n) is 2.77. The van der Waals surface area contributed by atoms with Crippen molar-refractivity contribution in [3.05, 3.63) is 47.5 Å². The Morgan fingerprint density at radius 1 is 1.30 bits per heavy atom. The van der Waals surface area contributed by atoms with Gasteiger partial charge < -0.3 is 19.8 Å². The van der Waals surface area contributed by atoms with E-state index < -0.39 is 12.2 Å². The summed E-state index contributed by atoms with van der Waals surface area (Å²) in [5.74, 6) is -0.158. The molecule has 20 heavy (non-hydrogen) atoms. The lowest BCUT2D eigenvalue weighted by Gasteiger charge is -2.19. The number of aliphatic hydroxyl groups is 2. The summed E-state index contributed by atoms with van der Waals surface area (Å²) in [6.07, 6.45) is -0.361. The molecule has 1 heterocycles. The normalized spacial score (nSPS) is 28.2. The molecule has 0 bridgehead atoms. The molecule has 3 rings (SSSR count). The molecule has 5 nitrogen and oxygen atoms in total. The maximum Gasteiger partial charge on any atom is 0.410 e. The molecule has 2 aliphatic rings. The van der Waals surface area contributed by atoms with Crippen molar-refractivity contribution in [3.63, 3.8) is 0 Å². The zero-order chi connectivity index (χ0) is 14.1. The Hall–Kier alpha value is -1.85. The lowest BCUT2D eigenvalue weighted by Crippen LogP contribution is -2.34. The number of carbonyl (C=O) groups is 1. The maximum atomic E-state index is 12.0. The predicted octanol–water partition coefficient (Wildman–Crippen LogP) is 0.917. The summed E-state index contributed by atoms with van der Waals surface area (Å²) < 4.78 is 5.25. The summed E-state index contributed by atoms with van der Waals surface area (Å²) in [4.78, 5) is 13.5. The molecule has 1 aliphatic heterocycles. The molecule has 1 aromatic rings. The molecule has 1 fully saturated rings. The third-order valence-corrected chi connectivity index (χ3v) is 3.88. The molecule has 3 atom stereocenters. The molecule has 1 aliphatic carbocycles. The Kier molecular flexibility index (Phi) is 3.46. The van der Waals surface area contributed by atoms with E-state index in [1.807, 2.05) is 30.3 Å². The van der Waals surface area contributed by atoms with Crippen LogP contribution in [0, 0.1) is 5.92 Å². The van der Waals surface area contributed by atoms with Crippen LogP contribution in [0.15, 0.2) is 42.0 Å².